The van der Waals surface area contributed by atoms with E-state index in [1.807, 2.05) is 6.07 Å². The van der Waals surface area contributed by atoms with E-state index in [0.717, 1.165) is 11.3 Å². The van der Waals surface area contributed by atoms with Crippen molar-refractivity contribution in [1.29, 1.82) is 5.41 Å². The molecule has 2 atom stereocenters. The fourth-order valence-corrected chi connectivity index (χ4v) is 3.71. The molecule has 2 aromatic carbocycles. The maximum Gasteiger partial charge on any atom is 0.259 e. The van der Waals surface area contributed by atoms with E-state index in [0.29, 0.717) is 29.8 Å². The Morgan fingerprint density at radius 1 is 1.22 bits per heavy atom. The first-order valence-corrected chi connectivity index (χ1v) is 10.1. The number of hydrogen-bond acceptors (Lipinski definition) is 6. The molecule has 166 valence electrons. The van der Waals surface area contributed by atoms with E-state index < -0.39 is 24.0 Å². The van der Waals surface area contributed by atoms with Gasteiger partial charge in [0.25, 0.3) is 11.8 Å². The van der Waals surface area contributed by atoms with Crippen molar-refractivity contribution in [3.05, 3.63) is 53.6 Å². The van der Waals surface area contributed by atoms with Gasteiger partial charge in [-0.1, -0.05) is 0 Å². The van der Waals surface area contributed by atoms with Crippen molar-refractivity contribution < 1.29 is 24.2 Å². The van der Waals surface area contributed by atoms with Crippen LogP contribution in [0, 0.1) is 5.41 Å². The summed E-state index contributed by atoms with van der Waals surface area (Å²) in [5, 5.41) is 23.2. The Labute approximate surface area is 183 Å². The maximum absolute atomic E-state index is 13.0. The number of amides is 3. The predicted octanol–water partition coefficient (Wildman–Crippen LogP) is 0.587. The van der Waals surface area contributed by atoms with Gasteiger partial charge in [-0.25, -0.2) is 0 Å². The summed E-state index contributed by atoms with van der Waals surface area (Å²) >= 11 is 0. The highest BCUT2D eigenvalue weighted by Crippen LogP contribution is 2.29. The van der Waals surface area contributed by atoms with Crippen molar-refractivity contribution in [3.8, 4) is 0 Å². The van der Waals surface area contributed by atoms with Gasteiger partial charge in [-0.3, -0.25) is 19.8 Å². The SMILES string of the molecule is N=C(N)c1ccc(NC(=O)[C@H](O)[C@H]2OCCN(c3ccc4c(c3)CCC(=O)N4)C2=O)cc1. The zero-order valence-electron chi connectivity index (χ0n) is 17.1. The smallest absolute Gasteiger partial charge is 0.259 e. The minimum atomic E-state index is -1.71. The number of nitrogens with one attached hydrogen (secondary N) is 3. The number of fused-ring (bicyclic) bond motifs is 1. The molecular weight excluding hydrogens is 414 g/mol. The van der Waals surface area contributed by atoms with Crippen LogP contribution < -0.4 is 21.3 Å². The summed E-state index contributed by atoms with van der Waals surface area (Å²) in [6, 6.07) is 11.5. The monoisotopic (exact) mass is 437 g/mol. The Morgan fingerprint density at radius 3 is 2.69 bits per heavy atom. The van der Waals surface area contributed by atoms with Crippen LogP contribution in [0.2, 0.25) is 0 Å². The highest BCUT2D eigenvalue weighted by molar-refractivity contribution is 6.04. The largest absolute Gasteiger partial charge is 0.384 e. The first kappa shape index (κ1) is 21.5. The van der Waals surface area contributed by atoms with Gasteiger partial charge in [0, 0.05) is 35.6 Å². The molecule has 0 spiro atoms. The zero-order chi connectivity index (χ0) is 22.8. The second-order valence-electron chi connectivity index (χ2n) is 7.60. The number of aryl methyl sites for hydroxylation is 1. The molecule has 32 heavy (non-hydrogen) atoms. The van der Waals surface area contributed by atoms with Crippen LogP contribution in [0.25, 0.3) is 0 Å². The predicted molar refractivity (Wildman–Crippen MR) is 118 cm³/mol. The van der Waals surface area contributed by atoms with Crippen LogP contribution in [0.1, 0.15) is 17.5 Å². The molecule has 10 heteroatoms. The van der Waals surface area contributed by atoms with Crippen LogP contribution in [0.5, 0.6) is 0 Å². The number of morpholine rings is 1. The van der Waals surface area contributed by atoms with Crippen LogP contribution in [-0.4, -0.2) is 54.0 Å². The fourth-order valence-electron chi connectivity index (χ4n) is 3.71. The lowest BCUT2D eigenvalue weighted by atomic mass is 10.0. The number of hydrogen-bond donors (Lipinski definition) is 5. The van der Waals surface area contributed by atoms with E-state index in [2.05, 4.69) is 10.6 Å². The number of nitrogen functional groups attached to an aromatic ring is 1. The standard InChI is InChI=1S/C22H23N5O5/c23-20(24)12-1-4-14(5-2-12)25-21(30)18(29)19-22(31)27(9-10-32-19)15-6-7-16-13(11-15)3-8-17(28)26-16/h1-2,4-7,11,18-19,29H,3,8-10H2,(H3,23,24)(H,25,30)(H,26,28)/t18-,19-/m1/s1. The number of carbonyl (C=O) groups excluding carboxylic acids is 3. The highest BCUT2D eigenvalue weighted by atomic mass is 16.5. The minimum Gasteiger partial charge on any atom is -0.384 e. The molecule has 0 radical (unpaired) electrons. The van der Waals surface area contributed by atoms with E-state index in [4.69, 9.17) is 15.9 Å². The normalized spacial score (nSPS) is 19.0. The van der Waals surface area contributed by atoms with Crippen LogP contribution in [0.15, 0.2) is 42.5 Å². The molecule has 1 saturated heterocycles. The Morgan fingerprint density at radius 2 is 1.97 bits per heavy atom. The summed E-state index contributed by atoms with van der Waals surface area (Å²) < 4.78 is 5.44. The summed E-state index contributed by atoms with van der Waals surface area (Å²) in [6.45, 7) is 0.434. The topological polar surface area (TPSA) is 158 Å². The Kier molecular flexibility index (Phi) is 5.89. The molecular formula is C22H23N5O5. The van der Waals surface area contributed by atoms with Crippen LogP contribution in [0.3, 0.4) is 0 Å². The number of aliphatic hydroxyl groups is 1. The summed E-state index contributed by atoms with van der Waals surface area (Å²) in [7, 11) is 0. The molecule has 6 N–H and O–H groups in total. The summed E-state index contributed by atoms with van der Waals surface area (Å²) in [6.07, 6.45) is -2.11. The molecule has 2 heterocycles. The van der Waals surface area contributed by atoms with Gasteiger partial charge in [-0.05, 0) is 54.4 Å². The van der Waals surface area contributed by atoms with Gasteiger partial charge in [-0.15, -0.1) is 0 Å². The number of benzene rings is 2. The van der Waals surface area contributed by atoms with Gasteiger partial charge in [0.05, 0.1) is 6.61 Å². The van der Waals surface area contributed by atoms with Crippen LogP contribution in [0.4, 0.5) is 17.1 Å². The lowest BCUT2D eigenvalue weighted by molar-refractivity contribution is -0.150. The maximum atomic E-state index is 13.0. The number of rotatable bonds is 5. The Hall–Kier alpha value is -3.76. The van der Waals surface area contributed by atoms with Gasteiger partial charge in [0.15, 0.2) is 12.2 Å². The lowest BCUT2D eigenvalue weighted by Crippen LogP contribution is -2.55. The number of nitrogens with two attached hydrogens (primary N) is 1. The molecule has 0 aromatic heterocycles. The van der Waals surface area contributed by atoms with Crippen molar-refractivity contribution in [2.45, 2.75) is 25.0 Å². The molecule has 2 aliphatic rings. The van der Waals surface area contributed by atoms with E-state index in [-0.39, 0.29) is 24.9 Å². The highest BCUT2D eigenvalue weighted by Gasteiger charge is 2.39. The molecule has 3 amide bonds. The number of nitrogens with zero attached hydrogens (tertiary/aromatic N) is 1. The molecule has 10 nitrogen and oxygen atoms in total. The summed E-state index contributed by atoms with van der Waals surface area (Å²) in [4.78, 5) is 38.6. The third kappa shape index (κ3) is 4.32. The second-order valence-corrected chi connectivity index (χ2v) is 7.60. The van der Waals surface area contributed by atoms with E-state index in [1.54, 1.807) is 36.4 Å². The average molecular weight is 437 g/mol. The van der Waals surface area contributed by atoms with Gasteiger partial charge >= 0.3 is 0 Å². The third-order valence-corrected chi connectivity index (χ3v) is 5.44. The van der Waals surface area contributed by atoms with Gasteiger partial charge < -0.3 is 31.1 Å². The van der Waals surface area contributed by atoms with Crippen molar-refractivity contribution >= 4 is 40.6 Å². The molecule has 2 aliphatic heterocycles. The minimum absolute atomic E-state index is 0.0437. The van der Waals surface area contributed by atoms with E-state index in [9.17, 15) is 19.5 Å². The molecule has 0 unspecified atom stereocenters. The van der Waals surface area contributed by atoms with Gasteiger partial charge in [-0.2, -0.15) is 0 Å². The Balaban J connectivity index is 1.46. The first-order chi connectivity index (χ1) is 15.3. The third-order valence-electron chi connectivity index (χ3n) is 5.44. The summed E-state index contributed by atoms with van der Waals surface area (Å²) in [5.41, 5.74) is 8.55. The molecule has 0 saturated carbocycles. The Bertz CT molecular complexity index is 1080. The fraction of sp³-hybridized carbons (Fsp3) is 0.273. The quantitative estimate of drug-likeness (QED) is 0.340. The van der Waals surface area contributed by atoms with Crippen molar-refractivity contribution in [2.75, 3.05) is 28.7 Å². The first-order valence-electron chi connectivity index (χ1n) is 10.1. The van der Waals surface area contributed by atoms with Crippen LogP contribution in [-0.2, 0) is 25.5 Å². The zero-order valence-corrected chi connectivity index (χ0v) is 17.1. The van der Waals surface area contributed by atoms with Crippen molar-refractivity contribution in [1.82, 2.24) is 0 Å². The van der Waals surface area contributed by atoms with Gasteiger partial charge in [0.2, 0.25) is 5.91 Å². The molecule has 1 fully saturated rings. The van der Waals surface area contributed by atoms with Crippen molar-refractivity contribution in [3.63, 3.8) is 0 Å². The number of ether oxygens (including phenoxy) is 1. The number of carbonyl (C=O) groups is 3. The van der Waals surface area contributed by atoms with Crippen molar-refractivity contribution in [2.24, 2.45) is 5.73 Å². The average Bonchev–Trinajstić information content (AvgIpc) is 2.79. The van der Waals surface area contributed by atoms with Crippen LogP contribution >= 0.6 is 0 Å². The number of amidine groups is 1. The molecule has 0 aliphatic carbocycles. The van der Waals surface area contributed by atoms with E-state index >= 15 is 0 Å². The second kappa shape index (κ2) is 8.77. The number of aliphatic hydroxyl groups excluding tert-OH is 1. The number of anilines is 3. The van der Waals surface area contributed by atoms with Gasteiger partial charge in [0.1, 0.15) is 5.84 Å². The molecule has 0 bridgehead atoms. The summed E-state index contributed by atoms with van der Waals surface area (Å²) in [5.74, 6) is -1.45. The molecule has 2 aromatic rings. The lowest BCUT2D eigenvalue weighted by Gasteiger charge is -2.34. The molecule has 4 rings (SSSR count). The van der Waals surface area contributed by atoms with E-state index in [1.165, 1.54) is 4.90 Å².